The molecule has 0 aliphatic heterocycles. The third kappa shape index (κ3) is 5.65. The second kappa shape index (κ2) is 13.8. The van der Waals surface area contributed by atoms with Gasteiger partial charge in [0, 0.05) is 49.7 Å². The molecule has 0 aliphatic rings. The Balaban J connectivity index is 1.02. The van der Waals surface area contributed by atoms with E-state index in [-0.39, 0.29) is 5.82 Å². The Bertz CT molecular complexity index is 3290. The Kier molecular flexibility index (Phi) is 8.00. The summed E-state index contributed by atoms with van der Waals surface area (Å²) in [5, 5.41) is 4.16. The van der Waals surface area contributed by atoms with E-state index < -0.39 is 0 Å². The van der Waals surface area contributed by atoms with Gasteiger partial charge in [-0.1, -0.05) is 140 Å². The smallest absolute Gasteiger partial charge is 0.143 e. The summed E-state index contributed by atoms with van der Waals surface area (Å²) in [5.74, 6) is -0.239. The van der Waals surface area contributed by atoms with E-state index in [9.17, 15) is 4.39 Å². The molecule has 2 heterocycles. The Morgan fingerprint density at radius 1 is 0.379 bits per heavy atom. The van der Waals surface area contributed by atoms with Gasteiger partial charge in [-0.2, -0.15) is 0 Å². The van der Waals surface area contributed by atoms with Crippen LogP contribution in [-0.4, -0.2) is 4.57 Å². The number of furan rings is 1. The van der Waals surface area contributed by atoms with E-state index in [1.54, 1.807) is 12.1 Å². The van der Waals surface area contributed by atoms with Crippen molar-refractivity contribution in [3.63, 3.8) is 0 Å². The molecule has 0 aliphatic carbocycles. The highest BCUT2D eigenvalue weighted by Crippen LogP contribution is 2.42. The highest BCUT2D eigenvalue weighted by Gasteiger charge is 2.19. The average Bonchev–Trinajstić information content (AvgIpc) is 3.83. The van der Waals surface area contributed by atoms with Crippen LogP contribution >= 0.6 is 0 Å². The van der Waals surface area contributed by atoms with Crippen LogP contribution in [0.4, 0.5) is 21.5 Å². The van der Waals surface area contributed by atoms with Crippen LogP contribution in [0.3, 0.4) is 0 Å². The van der Waals surface area contributed by atoms with Gasteiger partial charge in [-0.15, -0.1) is 0 Å². The number of aromatic nitrogens is 1. The summed E-state index contributed by atoms with van der Waals surface area (Å²) < 4.78 is 23.2. The normalized spacial score (nSPS) is 11.5. The van der Waals surface area contributed by atoms with Gasteiger partial charge in [0.15, 0.2) is 0 Å². The van der Waals surface area contributed by atoms with Crippen molar-refractivity contribution in [1.82, 2.24) is 4.57 Å². The minimum atomic E-state index is -0.239. The molecule has 4 heteroatoms. The second-order valence-electron chi connectivity index (χ2n) is 14.7. The fraction of sp³-hybridized carbons (Fsp3) is 0. The SMILES string of the molecule is Fc1ccc2c(c1)c1ccccc1n2-c1ccccc1-c1ccc(N(c2ccc(-c3cccc4c3oc3ccccc34)cc2)c2cccc(-c3ccccc3)c2)cc1. The van der Waals surface area contributed by atoms with E-state index in [0.29, 0.717) is 0 Å². The van der Waals surface area contributed by atoms with E-state index in [4.69, 9.17) is 4.42 Å². The molecule has 274 valence electrons. The predicted molar refractivity (Wildman–Crippen MR) is 239 cm³/mol. The van der Waals surface area contributed by atoms with Crippen molar-refractivity contribution in [3.8, 4) is 39.1 Å². The predicted octanol–water partition coefficient (Wildman–Crippen LogP) is 15.3. The van der Waals surface area contributed by atoms with Gasteiger partial charge in [-0.3, -0.25) is 0 Å². The number of halogens is 1. The molecular weight excluding hydrogens is 712 g/mol. The van der Waals surface area contributed by atoms with Crippen LogP contribution in [0.25, 0.3) is 82.8 Å². The van der Waals surface area contributed by atoms with Gasteiger partial charge >= 0.3 is 0 Å². The zero-order valence-corrected chi connectivity index (χ0v) is 31.4. The highest BCUT2D eigenvalue weighted by atomic mass is 19.1. The molecule has 0 bridgehead atoms. The van der Waals surface area contributed by atoms with Gasteiger partial charge in [0.1, 0.15) is 17.0 Å². The average molecular weight is 747 g/mol. The van der Waals surface area contributed by atoms with Crippen LogP contribution in [0.2, 0.25) is 0 Å². The fourth-order valence-electron chi connectivity index (χ4n) is 8.57. The van der Waals surface area contributed by atoms with Crippen LogP contribution in [-0.2, 0) is 0 Å². The number of anilines is 3. The Hall–Kier alpha value is -7.69. The lowest BCUT2D eigenvalue weighted by molar-refractivity contribution is 0.629. The summed E-state index contributed by atoms with van der Waals surface area (Å²) >= 11 is 0. The molecule has 0 atom stereocenters. The minimum absolute atomic E-state index is 0.239. The third-order valence-electron chi connectivity index (χ3n) is 11.3. The van der Waals surface area contributed by atoms with E-state index in [2.05, 4.69) is 173 Å². The van der Waals surface area contributed by atoms with E-state index in [0.717, 1.165) is 94.3 Å². The second-order valence-corrected chi connectivity index (χ2v) is 14.7. The van der Waals surface area contributed by atoms with Crippen molar-refractivity contribution in [3.05, 3.63) is 218 Å². The van der Waals surface area contributed by atoms with Crippen molar-refractivity contribution in [2.24, 2.45) is 0 Å². The summed E-state index contributed by atoms with van der Waals surface area (Å²) in [4.78, 5) is 2.31. The first-order valence-corrected chi connectivity index (χ1v) is 19.5. The molecule has 11 rings (SSSR count). The first-order chi connectivity index (χ1) is 28.7. The molecule has 0 saturated heterocycles. The number of nitrogens with zero attached hydrogens (tertiary/aromatic N) is 2. The molecule has 2 aromatic heterocycles. The quantitative estimate of drug-likeness (QED) is 0.162. The standard InChI is InChI=1S/C54H35FN2O/c55-40-28-33-52-49(35-40)46-17-5-8-22-51(46)57(52)50-21-7-4-16-44(50)37-24-29-41(30-25-37)56(43-15-10-14-39(34-43)36-12-2-1-3-13-36)42-31-26-38(27-32-42)45-19-11-20-48-47-18-6-9-23-53(47)58-54(45)48/h1-35H. The van der Waals surface area contributed by atoms with Gasteiger partial charge in [0.05, 0.1) is 16.7 Å². The van der Waals surface area contributed by atoms with Crippen molar-refractivity contribution < 1.29 is 8.81 Å². The molecule has 3 nitrogen and oxygen atoms in total. The van der Waals surface area contributed by atoms with Gasteiger partial charge in [-0.25, -0.2) is 4.39 Å². The van der Waals surface area contributed by atoms with Crippen molar-refractivity contribution >= 4 is 60.8 Å². The topological polar surface area (TPSA) is 21.3 Å². The van der Waals surface area contributed by atoms with Crippen LogP contribution in [0.15, 0.2) is 217 Å². The molecule has 0 unspecified atom stereocenters. The first kappa shape index (κ1) is 33.6. The first-order valence-electron chi connectivity index (χ1n) is 19.5. The Labute approximate surface area is 335 Å². The number of para-hydroxylation sites is 4. The lowest BCUT2D eigenvalue weighted by Gasteiger charge is -2.26. The Morgan fingerprint density at radius 2 is 0.983 bits per heavy atom. The summed E-state index contributed by atoms with van der Waals surface area (Å²) in [7, 11) is 0. The van der Waals surface area contributed by atoms with Gasteiger partial charge in [0.25, 0.3) is 0 Å². The fourth-order valence-corrected chi connectivity index (χ4v) is 8.57. The number of hydrogen-bond acceptors (Lipinski definition) is 2. The lowest BCUT2D eigenvalue weighted by Crippen LogP contribution is -2.10. The lowest BCUT2D eigenvalue weighted by atomic mass is 10.0. The minimum Gasteiger partial charge on any atom is -0.455 e. The maximum Gasteiger partial charge on any atom is 0.143 e. The summed E-state index contributed by atoms with van der Waals surface area (Å²) in [6.45, 7) is 0. The molecule has 0 N–H and O–H groups in total. The van der Waals surface area contributed by atoms with Gasteiger partial charge in [-0.05, 0) is 95.1 Å². The van der Waals surface area contributed by atoms with Crippen LogP contribution in [0.5, 0.6) is 0 Å². The zero-order valence-electron chi connectivity index (χ0n) is 31.4. The highest BCUT2D eigenvalue weighted by molar-refractivity contribution is 6.10. The molecule has 9 aromatic carbocycles. The maximum atomic E-state index is 14.6. The van der Waals surface area contributed by atoms with Gasteiger partial charge < -0.3 is 13.9 Å². The van der Waals surface area contributed by atoms with E-state index in [1.807, 2.05) is 36.4 Å². The van der Waals surface area contributed by atoms with E-state index in [1.165, 1.54) is 5.56 Å². The molecule has 11 aromatic rings. The number of fused-ring (bicyclic) bond motifs is 6. The number of rotatable bonds is 7. The molecule has 0 amide bonds. The molecule has 0 radical (unpaired) electrons. The van der Waals surface area contributed by atoms with Crippen LogP contribution in [0.1, 0.15) is 0 Å². The molecule has 58 heavy (non-hydrogen) atoms. The van der Waals surface area contributed by atoms with Crippen LogP contribution < -0.4 is 4.90 Å². The number of hydrogen-bond donors (Lipinski definition) is 0. The zero-order chi connectivity index (χ0) is 38.6. The van der Waals surface area contributed by atoms with Gasteiger partial charge in [0.2, 0.25) is 0 Å². The third-order valence-corrected chi connectivity index (χ3v) is 11.3. The van der Waals surface area contributed by atoms with E-state index >= 15 is 0 Å². The molecular formula is C54H35FN2O. The summed E-state index contributed by atoms with van der Waals surface area (Å²) in [6, 6.07) is 73.1. The monoisotopic (exact) mass is 746 g/mol. The van der Waals surface area contributed by atoms with Crippen molar-refractivity contribution in [2.75, 3.05) is 4.90 Å². The van der Waals surface area contributed by atoms with Crippen molar-refractivity contribution in [1.29, 1.82) is 0 Å². The largest absolute Gasteiger partial charge is 0.455 e. The molecule has 0 fully saturated rings. The number of benzene rings is 9. The summed E-state index contributed by atoms with van der Waals surface area (Å²) in [5.41, 5.74) is 14.6. The summed E-state index contributed by atoms with van der Waals surface area (Å²) in [6.07, 6.45) is 0. The Morgan fingerprint density at radius 3 is 1.79 bits per heavy atom. The maximum absolute atomic E-state index is 14.6. The van der Waals surface area contributed by atoms with Crippen molar-refractivity contribution in [2.45, 2.75) is 0 Å². The molecule has 0 saturated carbocycles. The van der Waals surface area contributed by atoms with Crippen LogP contribution in [0, 0.1) is 5.82 Å². The molecule has 0 spiro atoms.